The van der Waals surface area contributed by atoms with Gasteiger partial charge in [-0.05, 0) is 79.1 Å². The Morgan fingerprint density at radius 2 is 1.86 bits per heavy atom. The Hall–Kier alpha value is -1.20. The van der Waals surface area contributed by atoms with Crippen LogP contribution < -0.4 is 10.0 Å². The number of amides is 2. The summed E-state index contributed by atoms with van der Waals surface area (Å²) >= 11 is 1.49. The Labute approximate surface area is 135 Å². The number of hydrogen-bond acceptors (Lipinski definition) is 3. The summed E-state index contributed by atoms with van der Waals surface area (Å²) in [4.78, 5) is 12.3. The van der Waals surface area contributed by atoms with E-state index >= 15 is 0 Å². The van der Waals surface area contributed by atoms with Gasteiger partial charge in [0, 0.05) is 12.3 Å². The van der Waals surface area contributed by atoms with E-state index in [1.807, 2.05) is 0 Å². The van der Waals surface area contributed by atoms with Crippen LogP contribution in [0.1, 0.15) is 41.5 Å². The molecule has 1 saturated heterocycles. The molecule has 4 rings (SSSR count). The molecule has 2 N–H and O–H groups in total. The quantitative estimate of drug-likeness (QED) is 0.841. The lowest BCUT2D eigenvalue weighted by Gasteiger charge is -2.17. The third-order valence-corrected chi connectivity index (χ3v) is 5.93. The number of hydrogen-bond donors (Lipinski definition) is 2. The lowest BCUT2D eigenvalue weighted by molar-refractivity contribution is 0.199. The molecule has 4 nitrogen and oxygen atoms in total. The van der Waals surface area contributed by atoms with Crippen LogP contribution in [0.3, 0.4) is 0 Å². The number of benzene rings is 1. The highest BCUT2D eigenvalue weighted by atomic mass is 32.2. The summed E-state index contributed by atoms with van der Waals surface area (Å²) in [5.74, 6) is 0. The van der Waals surface area contributed by atoms with E-state index in [2.05, 4.69) is 16.1 Å². The molecule has 118 valence electrons. The number of rotatable bonds is 3. The van der Waals surface area contributed by atoms with E-state index in [4.69, 9.17) is 4.74 Å². The van der Waals surface area contributed by atoms with Crippen LogP contribution in [0.5, 0.6) is 0 Å². The van der Waals surface area contributed by atoms with Crippen molar-refractivity contribution in [1.29, 1.82) is 0 Å². The van der Waals surface area contributed by atoms with Crippen molar-refractivity contribution in [2.24, 2.45) is 0 Å². The number of anilines is 1. The molecule has 1 atom stereocenters. The van der Waals surface area contributed by atoms with Gasteiger partial charge in [-0.1, -0.05) is 6.07 Å². The Morgan fingerprint density at radius 1 is 1.14 bits per heavy atom. The van der Waals surface area contributed by atoms with Gasteiger partial charge in [0.05, 0.1) is 11.9 Å². The van der Waals surface area contributed by atoms with Gasteiger partial charge in [-0.15, -0.1) is 0 Å². The first-order valence-electron chi connectivity index (χ1n) is 8.28. The van der Waals surface area contributed by atoms with Crippen LogP contribution in [0, 0.1) is 0 Å². The minimum absolute atomic E-state index is 0.0914. The highest BCUT2D eigenvalue weighted by Gasteiger charge is 2.25. The number of fused-ring (bicyclic) bond motifs is 2. The third kappa shape index (κ3) is 2.72. The lowest BCUT2D eigenvalue weighted by Crippen LogP contribution is -2.26. The van der Waals surface area contributed by atoms with Gasteiger partial charge in [0.1, 0.15) is 0 Å². The van der Waals surface area contributed by atoms with Gasteiger partial charge in [-0.25, -0.2) is 4.79 Å². The van der Waals surface area contributed by atoms with Gasteiger partial charge < -0.3 is 10.1 Å². The molecule has 1 aromatic rings. The SMILES string of the molecule is O=C(NSC1CCOC1)Nc1c2c(cc3c1CCC3)CCC2. The number of ether oxygens (including phenoxy) is 1. The van der Waals surface area contributed by atoms with Crippen molar-refractivity contribution in [2.45, 2.75) is 50.2 Å². The van der Waals surface area contributed by atoms with E-state index in [9.17, 15) is 4.79 Å². The molecule has 0 spiro atoms. The van der Waals surface area contributed by atoms with Crippen LogP contribution in [0.2, 0.25) is 0 Å². The van der Waals surface area contributed by atoms with E-state index in [-0.39, 0.29) is 6.03 Å². The minimum atomic E-state index is -0.0914. The van der Waals surface area contributed by atoms with Crippen LogP contribution in [0.15, 0.2) is 6.07 Å². The van der Waals surface area contributed by atoms with Gasteiger partial charge in [-0.3, -0.25) is 4.72 Å². The second kappa shape index (κ2) is 6.13. The maximum absolute atomic E-state index is 12.3. The highest BCUT2D eigenvalue weighted by molar-refractivity contribution is 7.98. The van der Waals surface area contributed by atoms with Gasteiger partial charge >= 0.3 is 6.03 Å². The van der Waals surface area contributed by atoms with Crippen LogP contribution in [0.25, 0.3) is 0 Å². The van der Waals surface area contributed by atoms with Crippen LogP contribution in [0.4, 0.5) is 10.5 Å². The molecule has 0 saturated carbocycles. The van der Waals surface area contributed by atoms with E-state index in [0.29, 0.717) is 5.25 Å². The summed E-state index contributed by atoms with van der Waals surface area (Å²) in [6, 6.07) is 2.30. The summed E-state index contributed by atoms with van der Waals surface area (Å²) in [5, 5.41) is 3.54. The largest absolute Gasteiger partial charge is 0.380 e. The summed E-state index contributed by atoms with van der Waals surface area (Å²) in [7, 11) is 0. The molecule has 0 aromatic heterocycles. The fourth-order valence-corrected chi connectivity index (χ4v) is 4.55. The topological polar surface area (TPSA) is 50.4 Å². The maximum atomic E-state index is 12.3. The zero-order chi connectivity index (χ0) is 14.9. The molecule has 3 aliphatic rings. The van der Waals surface area contributed by atoms with Crippen LogP contribution in [-0.4, -0.2) is 24.5 Å². The first-order chi connectivity index (χ1) is 10.8. The average molecular weight is 318 g/mol. The van der Waals surface area contributed by atoms with E-state index in [1.54, 1.807) is 0 Å². The monoisotopic (exact) mass is 318 g/mol. The smallest absolute Gasteiger partial charge is 0.329 e. The van der Waals surface area contributed by atoms with E-state index in [0.717, 1.165) is 51.0 Å². The summed E-state index contributed by atoms with van der Waals surface area (Å²) in [5.41, 5.74) is 6.78. The summed E-state index contributed by atoms with van der Waals surface area (Å²) in [6.07, 6.45) is 7.95. The average Bonchev–Trinajstić information content (AvgIpc) is 3.25. The Bertz CT molecular complexity index is 565. The fraction of sp³-hybridized carbons (Fsp3) is 0.588. The molecule has 2 aliphatic carbocycles. The van der Waals surface area contributed by atoms with Gasteiger partial charge in [0.15, 0.2) is 0 Å². The molecule has 1 heterocycles. The fourth-order valence-electron chi connectivity index (χ4n) is 3.85. The van der Waals surface area contributed by atoms with E-state index < -0.39 is 0 Å². The Morgan fingerprint density at radius 3 is 2.50 bits per heavy atom. The van der Waals surface area contributed by atoms with Gasteiger partial charge in [0.25, 0.3) is 0 Å². The molecule has 2 amide bonds. The molecular formula is C17H22N2O2S. The number of urea groups is 1. The highest BCUT2D eigenvalue weighted by Crippen LogP contribution is 2.38. The Kier molecular flexibility index (Phi) is 4.01. The minimum Gasteiger partial charge on any atom is -0.380 e. The second-order valence-corrected chi connectivity index (χ2v) is 7.50. The first-order valence-corrected chi connectivity index (χ1v) is 9.16. The summed E-state index contributed by atoms with van der Waals surface area (Å²) < 4.78 is 8.28. The predicted octanol–water partition coefficient (Wildman–Crippen LogP) is 3.22. The van der Waals surface area contributed by atoms with Crippen molar-refractivity contribution in [3.8, 4) is 0 Å². The van der Waals surface area contributed by atoms with Crippen molar-refractivity contribution in [2.75, 3.05) is 18.5 Å². The first kappa shape index (κ1) is 14.4. The van der Waals surface area contributed by atoms with Crippen molar-refractivity contribution < 1.29 is 9.53 Å². The van der Waals surface area contributed by atoms with Crippen molar-refractivity contribution in [3.05, 3.63) is 28.3 Å². The van der Waals surface area contributed by atoms with Crippen molar-refractivity contribution >= 4 is 23.7 Å². The zero-order valence-corrected chi connectivity index (χ0v) is 13.6. The molecule has 0 radical (unpaired) electrons. The standard InChI is InChI=1S/C17H22N2O2S/c20-17(19-22-13-7-8-21-10-13)18-16-14-5-1-3-11(14)9-12-4-2-6-15(12)16/h9,13H,1-8,10H2,(H2,18,19,20). The third-order valence-electron chi connectivity index (χ3n) is 4.92. The second-order valence-electron chi connectivity index (χ2n) is 6.39. The molecule has 22 heavy (non-hydrogen) atoms. The summed E-state index contributed by atoms with van der Waals surface area (Å²) in [6.45, 7) is 1.54. The molecule has 1 aromatic carbocycles. The van der Waals surface area contributed by atoms with Gasteiger partial charge in [0.2, 0.25) is 0 Å². The number of carbonyl (C=O) groups excluding carboxylic acids is 1. The molecule has 1 unspecified atom stereocenters. The molecule has 1 fully saturated rings. The molecule has 5 heteroatoms. The number of aryl methyl sites for hydroxylation is 2. The van der Waals surface area contributed by atoms with Crippen LogP contribution >= 0.6 is 11.9 Å². The molecular weight excluding hydrogens is 296 g/mol. The van der Waals surface area contributed by atoms with Crippen molar-refractivity contribution in [1.82, 2.24) is 4.72 Å². The Balaban J connectivity index is 1.49. The molecule has 1 aliphatic heterocycles. The predicted molar refractivity (Wildman–Crippen MR) is 89.5 cm³/mol. The molecule has 0 bridgehead atoms. The lowest BCUT2D eigenvalue weighted by atomic mass is 9.99. The van der Waals surface area contributed by atoms with Crippen LogP contribution in [-0.2, 0) is 30.4 Å². The zero-order valence-electron chi connectivity index (χ0n) is 12.7. The number of nitrogens with one attached hydrogen (secondary N) is 2. The van der Waals surface area contributed by atoms with Crippen molar-refractivity contribution in [3.63, 3.8) is 0 Å². The maximum Gasteiger partial charge on any atom is 0.329 e. The number of carbonyl (C=O) groups is 1. The normalized spacial score (nSPS) is 22.5. The van der Waals surface area contributed by atoms with Gasteiger partial charge in [-0.2, -0.15) is 0 Å². The van der Waals surface area contributed by atoms with E-state index in [1.165, 1.54) is 47.0 Å².